The fraction of sp³-hybridized carbons (Fsp3) is 0.0455. The zero-order valence-electron chi connectivity index (χ0n) is 15.1. The second-order valence-corrected chi connectivity index (χ2v) is 6.34. The first kappa shape index (κ1) is 17.6. The summed E-state index contributed by atoms with van der Waals surface area (Å²) in [7, 11) is 0. The van der Waals surface area contributed by atoms with Crippen molar-refractivity contribution in [2.24, 2.45) is 0 Å². The molecule has 1 heterocycles. The zero-order chi connectivity index (χ0) is 19.5. The molecule has 0 saturated carbocycles. The summed E-state index contributed by atoms with van der Waals surface area (Å²) >= 11 is 0. The van der Waals surface area contributed by atoms with Crippen LogP contribution in [0.5, 0.6) is 0 Å². The van der Waals surface area contributed by atoms with Gasteiger partial charge in [-0.25, -0.2) is 14.4 Å². The number of nitrogens with zero attached hydrogens (tertiary/aromatic N) is 2. The van der Waals surface area contributed by atoms with E-state index in [9.17, 15) is 9.18 Å². The summed E-state index contributed by atoms with van der Waals surface area (Å²) < 4.78 is 13.8. The lowest BCUT2D eigenvalue weighted by Crippen LogP contribution is -2.31. The van der Waals surface area contributed by atoms with Gasteiger partial charge in [0.25, 0.3) is 5.91 Å². The summed E-state index contributed by atoms with van der Waals surface area (Å²) in [6, 6.07) is 21.4. The minimum Gasteiger partial charge on any atom is -0.267 e. The van der Waals surface area contributed by atoms with E-state index >= 15 is 0 Å². The van der Waals surface area contributed by atoms with Gasteiger partial charge in [0.2, 0.25) is 5.95 Å². The summed E-state index contributed by atoms with van der Waals surface area (Å²) in [5.74, 6) is -0.978. The van der Waals surface area contributed by atoms with Crippen LogP contribution in [-0.2, 0) is 0 Å². The maximum absolute atomic E-state index is 13.8. The number of anilines is 1. The molecule has 0 aliphatic rings. The van der Waals surface area contributed by atoms with Crippen molar-refractivity contribution in [3.63, 3.8) is 0 Å². The molecule has 5 nitrogen and oxygen atoms in total. The average Bonchev–Trinajstić information content (AvgIpc) is 2.72. The Morgan fingerprint density at radius 1 is 0.929 bits per heavy atom. The SMILES string of the molecule is Cc1ccc2nc(NNC(=O)c3ccccc3F)nc(-c3ccccc3)c2c1. The van der Waals surface area contributed by atoms with Crippen molar-refractivity contribution in [1.82, 2.24) is 15.4 Å². The number of carbonyl (C=O) groups excluding carboxylic acids is 1. The van der Waals surface area contributed by atoms with Crippen molar-refractivity contribution in [1.29, 1.82) is 0 Å². The third kappa shape index (κ3) is 3.53. The van der Waals surface area contributed by atoms with Gasteiger partial charge < -0.3 is 0 Å². The molecule has 0 fully saturated rings. The van der Waals surface area contributed by atoms with E-state index in [1.54, 1.807) is 6.07 Å². The highest BCUT2D eigenvalue weighted by Crippen LogP contribution is 2.27. The quantitative estimate of drug-likeness (QED) is 0.518. The van der Waals surface area contributed by atoms with E-state index in [1.807, 2.05) is 55.5 Å². The van der Waals surface area contributed by atoms with Crippen LogP contribution in [0.4, 0.5) is 10.3 Å². The standard InChI is InChI=1S/C22H17FN4O/c1-14-11-12-19-17(13-14)20(15-7-3-2-4-8-15)25-22(24-19)27-26-21(28)16-9-5-6-10-18(16)23/h2-13H,1H3,(H,26,28)(H,24,25,27). The number of halogens is 1. The monoisotopic (exact) mass is 372 g/mol. The first-order chi connectivity index (χ1) is 13.6. The molecule has 4 aromatic rings. The van der Waals surface area contributed by atoms with Gasteiger partial charge in [0, 0.05) is 10.9 Å². The number of carbonyl (C=O) groups is 1. The predicted molar refractivity (Wildman–Crippen MR) is 107 cm³/mol. The molecule has 3 aromatic carbocycles. The number of rotatable bonds is 4. The maximum atomic E-state index is 13.8. The molecule has 0 atom stereocenters. The van der Waals surface area contributed by atoms with E-state index in [1.165, 1.54) is 18.2 Å². The zero-order valence-corrected chi connectivity index (χ0v) is 15.1. The van der Waals surface area contributed by atoms with Gasteiger partial charge in [-0.15, -0.1) is 0 Å². The van der Waals surface area contributed by atoms with E-state index in [2.05, 4.69) is 20.8 Å². The van der Waals surface area contributed by atoms with Crippen LogP contribution in [0.1, 0.15) is 15.9 Å². The molecule has 0 saturated heterocycles. The summed E-state index contributed by atoms with van der Waals surface area (Å²) in [6.45, 7) is 2.01. The highest BCUT2D eigenvalue weighted by molar-refractivity contribution is 5.96. The van der Waals surface area contributed by atoms with Crippen molar-refractivity contribution < 1.29 is 9.18 Å². The van der Waals surface area contributed by atoms with Crippen LogP contribution in [0.3, 0.4) is 0 Å². The first-order valence-electron chi connectivity index (χ1n) is 8.76. The highest BCUT2D eigenvalue weighted by Gasteiger charge is 2.13. The molecular weight excluding hydrogens is 355 g/mol. The van der Waals surface area contributed by atoms with Crippen molar-refractivity contribution in [3.05, 3.63) is 89.7 Å². The van der Waals surface area contributed by atoms with Gasteiger partial charge in [-0.05, 0) is 31.2 Å². The van der Waals surface area contributed by atoms with Crippen LogP contribution in [0, 0.1) is 12.7 Å². The lowest BCUT2D eigenvalue weighted by molar-refractivity contribution is 0.0958. The van der Waals surface area contributed by atoms with Gasteiger partial charge in [0.1, 0.15) is 5.82 Å². The summed E-state index contributed by atoms with van der Waals surface area (Å²) in [4.78, 5) is 21.3. The predicted octanol–water partition coefficient (Wildman–Crippen LogP) is 4.50. The second-order valence-electron chi connectivity index (χ2n) is 6.34. The molecule has 0 bridgehead atoms. The molecule has 6 heteroatoms. The van der Waals surface area contributed by atoms with Crippen LogP contribution in [-0.4, -0.2) is 15.9 Å². The molecule has 0 aliphatic carbocycles. The Labute approximate surface area is 161 Å². The Morgan fingerprint density at radius 3 is 2.46 bits per heavy atom. The van der Waals surface area contributed by atoms with Crippen LogP contribution < -0.4 is 10.9 Å². The number of hydrazine groups is 1. The molecule has 0 spiro atoms. The lowest BCUT2D eigenvalue weighted by atomic mass is 10.0. The van der Waals surface area contributed by atoms with Gasteiger partial charge in [-0.2, -0.15) is 0 Å². The fourth-order valence-electron chi connectivity index (χ4n) is 2.94. The van der Waals surface area contributed by atoms with E-state index in [0.29, 0.717) is 0 Å². The number of amides is 1. The minimum atomic E-state index is -0.605. The Bertz CT molecular complexity index is 1160. The Morgan fingerprint density at radius 2 is 1.68 bits per heavy atom. The third-order valence-corrected chi connectivity index (χ3v) is 4.30. The van der Waals surface area contributed by atoms with Crippen molar-refractivity contribution in [2.45, 2.75) is 6.92 Å². The Hall–Kier alpha value is -3.80. The maximum Gasteiger partial charge on any atom is 0.272 e. The average molecular weight is 372 g/mol. The molecule has 0 aliphatic heterocycles. The van der Waals surface area contributed by atoms with Crippen molar-refractivity contribution >= 4 is 22.8 Å². The number of hydrogen-bond donors (Lipinski definition) is 2. The smallest absolute Gasteiger partial charge is 0.267 e. The second kappa shape index (κ2) is 7.44. The highest BCUT2D eigenvalue weighted by atomic mass is 19.1. The Balaban J connectivity index is 1.69. The number of hydrogen-bond acceptors (Lipinski definition) is 4. The van der Waals surface area contributed by atoms with E-state index in [-0.39, 0.29) is 11.5 Å². The normalized spacial score (nSPS) is 10.6. The molecule has 0 unspecified atom stereocenters. The number of fused-ring (bicyclic) bond motifs is 1. The summed E-state index contributed by atoms with van der Waals surface area (Å²) in [5, 5.41) is 0.914. The molecule has 1 amide bonds. The Kier molecular flexibility index (Phi) is 4.68. The summed E-state index contributed by atoms with van der Waals surface area (Å²) in [5.41, 5.74) is 8.61. The fourth-order valence-corrected chi connectivity index (χ4v) is 2.94. The minimum absolute atomic E-state index is 0.0605. The van der Waals surface area contributed by atoms with Gasteiger partial charge in [0.05, 0.1) is 16.8 Å². The van der Waals surface area contributed by atoms with Crippen LogP contribution >= 0.6 is 0 Å². The number of benzene rings is 3. The first-order valence-corrected chi connectivity index (χ1v) is 8.76. The van der Waals surface area contributed by atoms with Gasteiger partial charge in [-0.1, -0.05) is 54.1 Å². The van der Waals surface area contributed by atoms with Gasteiger partial charge in [-0.3, -0.25) is 15.6 Å². The molecule has 28 heavy (non-hydrogen) atoms. The van der Waals surface area contributed by atoms with Crippen molar-refractivity contribution in [3.8, 4) is 11.3 Å². The topological polar surface area (TPSA) is 66.9 Å². The largest absolute Gasteiger partial charge is 0.272 e. The molecule has 2 N–H and O–H groups in total. The van der Waals surface area contributed by atoms with Crippen LogP contribution in [0.25, 0.3) is 22.2 Å². The van der Waals surface area contributed by atoms with Gasteiger partial charge >= 0.3 is 0 Å². The van der Waals surface area contributed by atoms with Crippen molar-refractivity contribution in [2.75, 3.05) is 5.43 Å². The molecule has 0 radical (unpaired) electrons. The molecular formula is C22H17FN4O. The number of nitrogens with one attached hydrogen (secondary N) is 2. The molecule has 1 aromatic heterocycles. The number of aromatic nitrogens is 2. The van der Waals surface area contributed by atoms with E-state index in [0.717, 1.165) is 27.7 Å². The molecule has 138 valence electrons. The lowest BCUT2D eigenvalue weighted by Gasteiger charge is -2.12. The van der Waals surface area contributed by atoms with E-state index < -0.39 is 11.7 Å². The number of aryl methyl sites for hydroxylation is 1. The molecule has 4 rings (SSSR count). The van der Waals surface area contributed by atoms with E-state index in [4.69, 9.17) is 0 Å². The summed E-state index contributed by atoms with van der Waals surface area (Å²) in [6.07, 6.45) is 0. The third-order valence-electron chi connectivity index (χ3n) is 4.30. The van der Waals surface area contributed by atoms with Crippen LogP contribution in [0.15, 0.2) is 72.8 Å². The van der Waals surface area contributed by atoms with Gasteiger partial charge in [0.15, 0.2) is 0 Å². The van der Waals surface area contributed by atoms with Crippen LogP contribution in [0.2, 0.25) is 0 Å².